The van der Waals surface area contributed by atoms with Crippen LogP contribution in [0.3, 0.4) is 0 Å². The Labute approximate surface area is 141 Å². The molecule has 0 aliphatic heterocycles. The molecule has 0 spiro atoms. The number of anilines is 1. The van der Waals surface area contributed by atoms with E-state index in [2.05, 4.69) is 49.9 Å². The van der Waals surface area contributed by atoms with Gasteiger partial charge in [-0.2, -0.15) is 0 Å². The smallest absolute Gasteiger partial charge is 0.222 e. The molecule has 2 N–H and O–H groups in total. The van der Waals surface area contributed by atoms with E-state index in [4.69, 9.17) is 0 Å². The molecule has 2 aromatic heterocycles. The molecule has 1 aromatic carbocycles. The molecule has 0 fully saturated rings. The summed E-state index contributed by atoms with van der Waals surface area (Å²) < 4.78 is 1.91. The first kappa shape index (κ1) is 16.1. The van der Waals surface area contributed by atoms with Crippen LogP contribution in [-0.2, 0) is 20.1 Å². The number of aromatic nitrogens is 5. The van der Waals surface area contributed by atoms with Crippen LogP contribution in [0.4, 0.5) is 5.95 Å². The van der Waals surface area contributed by atoms with Crippen molar-refractivity contribution in [1.29, 1.82) is 0 Å². The lowest BCUT2D eigenvalue weighted by Gasteiger charge is -2.12. The second-order valence-electron chi connectivity index (χ2n) is 5.66. The van der Waals surface area contributed by atoms with Gasteiger partial charge >= 0.3 is 0 Å². The summed E-state index contributed by atoms with van der Waals surface area (Å²) in [4.78, 5) is 8.71. The number of rotatable bonds is 7. The van der Waals surface area contributed by atoms with E-state index >= 15 is 0 Å². The summed E-state index contributed by atoms with van der Waals surface area (Å²) in [6, 6.07) is 10.3. The second-order valence-corrected chi connectivity index (χ2v) is 5.66. The average molecular weight is 323 g/mol. The van der Waals surface area contributed by atoms with Gasteiger partial charge in [-0.1, -0.05) is 30.3 Å². The zero-order valence-corrected chi connectivity index (χ0v) is 13.8. The summed E-state index contributed by atoms with van der Waals surface area (Å²) in [5.41, 5.74) is 2.22. The van der Waals surface area contributed by atoms with Gasteiger partial charge < -0.3 is 15.2 Å². The number of benzene rings is 1. The molecule has 0 aliphatic carbocycles. The molecule has 0 saturated carbocycles. The fraction of sp³-hybridized carbons (Fsp3) is 0.294. The van der Waals surface area contributed by atoms with Crippen LogP contribution < -0.4 is 10.6 Å². The predicted octanol–water partition coefficient (Wildman–Crippen LogP) is 2.07. The summed E-state index contributed by atoms with van der Waals surface area (Å²) in [5, 5.41) is 14.6. The molecule has 7 heteroatoms. The number of nitrogens with zero attached hydrogens (tertiary/aromatic N) is 5. The molecule has 24 heavy (non-hydrogen) atoms. The maximum atomic E-state index is 4.36. The Balaban J connectivity index is 1.50. The maximum absolute atomic E-state index is 4.36. The Morgan fingerprint density at radius 3 is 2.46 bits per heavy atom. The lowest BCUT2D eigenvalue weighted by Crippen LogP contribution is -2.21. The van der Waals surface area contributed by atoms with E-state index in [-0.39, 0.29) is 6.04 Å². The van der Waals surface area contributed by atoms with Gasteiger partial charge in [0.25, 0.3) is 0 Å². The molecule has 7 nitrogen and oxygen atoms in total. The van der Waals surface area contributed by atoms with E-state index < -0.39 is 0 Å². The fourth-order valence-corrected chi connectivity index (χ4v) is 2.36. The molecule has 0 saturated heterocycles. The van der Waals surface area contributed by atoms with Gasteiger partial charge in [-0.25, -0.2) is 9.97 Å². The Hall–Kier alpha value is -2.80. The first-order chi connectivity index (χ1) is 11.7. The van der Waals surface area contributed by atoms with Crippen LogP contribution in [0.5, 0.6) is 0 Å². The highest BCUT2D eigenvalue weighted by Crippen LogP contribution is 2.09. The molecule has 124 valence electrons. The molecule has 1 atom stereocenters. The topological polar surface area (TPSA) is 80.6 Å². The van der Waals surface area contributed by atoms with Crippen LogP contribution >= 0.6 is 0 Å². The molecule has 3 rings (SSSR count). The SMILES string of the molecule is CC(NCc1cnc(NCc2ccccc2)nc1)c1nncn1C. The molecule has 0 amide bonds. The highest BCUT2D eigenvalue weighted by molar-refractivity contribution is 5.27. The van der Waals surface area contributed by atoms with Gasteiger partial charge in [0.2, 0.25) is 5.95 Å². The highest BCUT2D eigenvalue weighted by Gasteiger charge is 2.10. The lowest BCUT2D eigenvalue weighted by atomic mass is 10.2. The second kappa shape index (κ2) is 7.65. The van der Waals surface area contributed by atoms with Crippen LogP contribution in [0.1, 0.15) is 29.9 Å². The Morgan fingerprint density at radius 2 is 1.79 bits per heavy atom. The summed E-state index contributed by atoms with van der Waals surface area (Å²) in [6.07, 6.45) is 5.36. The average Bonchev–Trinajstić information content (AvgIpc) is 3.06. The standard InChI is InChI=1S/C17H21N7/c1-13(16-23-22-12-24(16)2)18-9-15-10-20-17(21-11-15)19-8-14-6-4-3-5-7-14/h3-7,10-13,18H,8-9H2,1-2H3,(H,19,20,21). The minimum absolute atomic E-state index is 0.105. The third kappa shape index (κ3) is 4.14. The molecular weight excluding hydrogens is 302 g/mol. The van der Waals surface area contributed by atoms with Gasteiger partial charge in [-0.15, -0.1) is 10.2 Å². The summed E-state index contributed by atoms with van der Waals surface area (Å²) in [6.45, 7) is 3.44. The number of aryl methyl sites for hydroxylation is 1. The minimum atomic E-state index is 0.105. The predicted molar refractivity (Wildman–Crippen MR) is 92.1 cm³/mol. The third-order valence-corrected chi connectivity index (χ3v) is 3.74. The van der Waals surface area contributed by atoms with Crippen LogP contribution in [0.15, 0.2) is 49.1 Å². The first-order valence-electron chi connectivity index (χ1n) is 7.88. The van der Waals surface area contributed by atoms with Crippen molar-refractivity contribution in [3.8, 4) is 0 Å². The van der Waals surface area contributed by atoms with Gasteiger partial charge in [0.05, 0.1) is 6.04 Å². The number of hydrogen-bond donors (Lipinski definition) is 2. The highest BCUT2D eigenvalue weighted by atomic mass is 15.3. The van der Waals surface area contributed by atoms with Gasteiger partial charge in [0.15, 0.2) is 0 Å². The first-order valence-corrected chi connectivity index (χ1v) is 7.88. The molecule has 2 heterocycles. The van der Waals surface area contributed by atoms with Crippen molar-refractivity contribution >= 4 is 5.95 Å². The van der Waals surface area contributed by atoms with E-state index in [1.165, 1.54) is 5.56 Å². The van der Waals surface area contributed by atoms with Crippen molar-refractivity contribution in [3.63, 3.8) is 0 Å². The minimum Gasteiger partial charge on any atom is -0.350 e. The van der Waals surface area contributed by atoms with Crippen molar-refractivity contribution in [1.82, 2.24) is 30.0 Å². The van der Waals surface area contributed by atoms with E-state index in [0.717, 1.165) is 11.4 Å². The number of hydrogen-bond acceptors (Lipinski definition) is 6. The van der Waals surface area contributed by atoms with Crippen molar-refractivity contribution in [2.75, 3.05) is 5.32 Å². The summed E-state index contributed by atoms with van der Waals surface area (Å²) in [7, 11) is 1.93. The van der Waals surface area contributed by atoms with Crippen LogP contribution in [0.2, 0.25) is 0 Å². The Bertz CT molecular complexity index is 752. The van der Waals surface area contributed by atoms with E-state index in [0.29, 0.717) is 19.0 Å². The largest absolute Gasteiger partial charge is 0.350 e. The van der Waals surface area contributed by atoms with Gasteiger partial charge in [-0.3, -0.25) is 0 Å². The zero-order valence-electron chi connectivity index (χ0n) is 13.8. The van der Waals surface area contributed by atoms with Crippen LogP contribution in [0, 0.1) is 0 Å². The summed E-state index contributed by atoms with van der Waals surface area (Å²) in [5.74, 6) is 1.53. The van der Waals surface area contributed by atoms with Gasteiger partial charge in [-0.05, 0) is 12.5 Å². The normalized spacial score (nSPS) is 12.1. The monoisotopic (exact) mass is 323 g/mol. The van der Waals surface area contributed by atoms with Gasteiger partial charge in [0.1, 0.15) is 12.2 Å². The molecule has 0 aliphatic rings. The molecule has 0 radical (unpaired) electrons. The Morgan fingerprint density at radius 1 is 1.04 bits per heavy atom. The van der Waals surface area contributed by atoms with Crippen molar-refractivity contribution < 1.29 is 0 Å². The molecule has 1 unspecified atom stereocenters. The zero-order chi connectivity index (χ0) is 16.8. The summed E-state index contributed by atoms with van der Waals surface area (Å²) >= 11 is 0. The lowest BCUT2D eigenvalue weighted by molar-refractivity contribution is 0.527. The van der Waals surface area contributed by atoms with E-state index in [1.54, 1.807) is 6.33 Å². The van der Waals surface area contributed by atoms with E-state index in [9.17, 15) is 0 Å². The molecule has 3 aromatic rings. The fourth-order valence-electron chi connectivity index (χ4n) is 2.36. The van der Waals surface area contributed by atoms with Gasteiger partial charge in [0, 0.05) is 38.1 Å². The maximum Gasteiger partial charge on any atom is 0.222 e. The van der Waals surface area contributed by atoms with Crippen molar-refractivity contribution in [3.05, 3.63) is 66.0 Å². The van der Waals surface area contributed by atoms with Crippen molar-refractivity contribution in [2.24, 2.45) is 7.05 Å². The Kier molecular flexibility index (Phi) is 5.12. The molecular formula is C17H21N7. The van der Waals surface area contributed by atoms with Crippen LogP contribution in [-0.4, -0.2) is 24.7 Å². The third-order valence-electron chi connectivity index (χ3n) is 3.74. The molecule has 0 bridgehead atoms. The van der Waals surface area contributed by atoms with E-state index in [1.807, 2.05) is 42.2 Å². The van der Waals surface area contributed by atoms with Crippen LogP contribution in [0.25, 0.3) is 0 Å². The number of nitrogens with one attached hydrogen (secondary N) is 2. The quantitative estimate of drug-likeness (QED) is 0.693. The van der Waals surface area contributed by atoms with Crippen molar-refractivity contribution in [2.45, 2.75) is 26.1 Å².